The van der Waals surface area contributed by atoms with E-state index in [-0.39, 0.29) is 0 Å². The maximum atomic E-state index is 10.9. The van der Waals surface area contributed by atoms with Crippen LogP contribution in [0.25, 0.3) is 12.2 Å². The zero-order chi connectivity index (χ0) is 18.5. The second-order valence-electron chi connectivity index (χ2n) is 5.94. The maximum absolute atomic E-state index is 10.9. The standard InChI is InChI=1S/C21H19BrN2O2/c1-2-24-14-19(13-16-3-8-17(9-4-16)21(25)26)23-20(24)12-7-15-5-10-18(22)11-6-15/h3-12,14H,2,13H2,1H3,(H,25,26)/b12-7+. The van der Waals surface area contributed by atoms with E-state index in [0.717, 1.165) is 33.7 Å². The fourth-order valence-electron chi connectivity index (χ4n) is 2.68. The molecule has 0 unspecified atom stereocenters. The van der Waals surface area contributed by atoms with Gasteiger partial charge in [0.15, 0.2) is 0 Å². The van der Waals surface area contributed by atoms with Crippen molar-refractivity contribution < 1.29 is 9.90 Å². The normalized spacial score (nSPS) is 11.2. The number of carboxylic acids is 1. The van der Waals surface area contributed by atoms with Gasteiger partial charge in [0.25, 0.3) is 0 Å². The number of rotatable bonds is 6. The van der Waals surface area contributed by atoms with Crippen LogP contribution in [0.15, 0.2) is 59.2 Å². The molecule has 3 aromatic rings. The topological polar surface area (TPSA) is 55.1 Å². The van der Waals surface area contributed by atoms with Gasteiger partial charge in [0.1, 0.15) is 5.82 Å². The van der Waals surface area contributed by atoms with E-state index in [2.05, 4.69) is 27.4 Å². The number of hydrogen-bond donors (Lipinski definition) is 1. The van der Waals surface area contributed by atoms with E-state index in [1.54, 1.807) is 12.1 Å². The largest absolute Gasteiger partial charge is 0.478 e. The molecule has 26 heavy (non-hydrogen) atoms. The van der Waals surface area contributed by atoms with E-state index in [4.69, 9.17) is 10.1 Å². The average Bonchev–Trinajstić information content (AvgIpc) is 3.03. The molecule has 0 aliphatic carbocycles. The molecular weight excluding hydrogens is 392 g/mol. The Balaban J connectivity index is 1.77. The van der Waals surface area contributed by atoms with E-state index < -0.39 is 5.97 Å². The van der Waals surface area contributed by atoms with Gasteiger partial charge < -0.3 is 9.67 Å². The predicted octanol–water partition coefficient (Wildman–Crippen LogP) is 5.12. The zero-order valence-electron chi connectivity index (χ0n) is 14.4. The summed E-state index contributed by atoms with van der Waals surface area (Å²) in [6, 6.07) is 15.1. The predicted molar refractivity (Wildman–Crippen MR) is 107 cm³/mol. The first-order valence-electron chi connectivity index (χ1n) is 8.37. The van der Waals surface area contributed by atoms with Gasteiger partial charge in [0.05, 0.1) is 11.3 Å². The van der Waals surface area contributed by atoms with Gasteiger partial charge in [-0.15, -0.1) is 0 Å². The van der Waals surface area contributed by atoms with Crippen LogP contribution in [-0.2, 0) is 13.0 Å². The summed E-state index contributed by atoms with van der Waals surface area (Å²) in [6.45, 7) is 2.93. The SMILES string of the molecule is CCn1cc(Cc2ccc(C(=O)O)cc2)nc1/C=C/c1ccc(Br)cc1. The number of aromatic carboxylic acids is 1. The minimum atomic E-state index is -0.910. The summed E-state index contributed by atoms with van der Waals surface area (Å²) < 4.78 is 3.16. The van der Waals surface area contributed by atoms with Crippen LogP contribution in [0, 0.1) is 0 Å². The molecule has 0 aliphatic rings. The van der Waals surface area contributed by atoms with Crippen LogP contribution in [-0.4, -0.2) is 20.6 Å². The highest BCUT2D eigenvalue weighted by Gasteiger charge is 2.07. The smallest absolute Gasteiger partial charge is 0.335 e. The number of halogens is 1. The molecule has 132 valence electrons. The molecule has 0 saturated carbocycles. The van der Waals surface area contributed by atoms with Crippen LogP contribution in [0.3, 0.4) is 0 Å². The molecule has 0 radical (unpaired) electrons. The summed E-state index contributed by atoms with van der Waals surface area (Å²) in [4.78, 5) is 15.7. The molecule has 0 spiro atoms. The fourth-order valence-corrected chi connectivity index (χ4v) is 2.94. The third-order valence-electron chi connectivity index (χ3n) is 4.08. The van der Waals surface area contributed by atoms with Crippen molar-refractivity contribution in [1.29, 1.82) is 0 Å². The summed E-state index contributed by atoms with van der Waals surface area (Å²) in [5.74, 6) is -0.000231. The number of nitrogens with zero attached hydrogens (tertiary/aromatic N) is 2. The molecule has 4 nitrogen and oxygen atoms in total. The van der Waals surface area contributed by atoms with Gasteiger partial charge in [-0.3, -0.25) is 0 Å². The number of carboxylic acid groups (broad SMARTS) is 1. The van der Waals surface area contributed by atoms with E-state index in [9.17, 15) is 4.79 Å². The van der Waals surface area contributed by atoms with Gasteiger partial charge in [-0.2, -0.15) is 0 Å². The van der Waals surface area contributed by atoms with Crippen molar-refractivity contribution in [2.75, 3.05) is 0 Å². The molecule has 0 saturated heterocycles. The van der Waals surface area contributed by atoms with Gasteiger partial charge in [-0.25, -0.2) is 9.78 Å². The lowest BCUT2D eigenvalue weighted by atomic mass is 10.1. The van der Waals surface area contributed by atoms with Crippen LogP contribution in [0.5, 0.6) is 0 Å². The second kappa shape index (κ2) is 8.15. The number of hydrogen-bond acceptors (Lipinski definition) is 2. The van der Waals surface area contributed by atoms with Gasteiger partial charge in [0, 0.05) is 23.6 Å². The number of aryl methyl sites for hydroxylation is 1. The lowest BCUT2D eigenvalue weighted by Crippen LogP contribution is -1.96. The van der Waals surface area contributed by atoms with E-state index >= 15 is 0 Å². The van der Waals surface area contributed by atoms with Crippen LogP contribution in [0.1, 0.15) is 39.9 Å². The maximum Gasteiger partial charge on any atom is 0.335 e. The lowest BCUT2D eigenvalue weighted by Gasteiger charge is -1.99. The third-order valence-corrected chi connectivity index (χ3v) is 4.61. The fraction of sp³-hybridized carbons (Fsp3) is 0.143. The first kappa shape index (κ1) is 18.1. The highest BCUT2D eigenvalue weighted by atomic mass is 79.9. The van der Waals surface area contributed by atoms with Crippen molar-refractivity contribution in [1.82, 2.24) is 9.55 Å². The minimum absolute atomic E-state index is 0.297. The lowest BCUT2D eigenvalue weighted by molar-refractivity contribution is 0.0697. The highest BCUT2D eigenvalue weighted by Crippen LogP contribution is 2.15. The molecule has 3 rings (SSSR count). The van der Waals surface area contributed by atoms with Crippen molar-refractivity contribution in [3.05, 3.63) is 87.4 Å². The Kier molecular flexibility index (Phi) is 5.68. The molecule has 0 fully saturated rings. The third kappa shape index (κ3) is 4.49. The molecule has 2 aromatic carbocycles. The number of carbonyl (C=O) groups is 1. The molecule has 0 bridgehead atoms. The summed E-state index contributed by atoms with van der Waals surface area (Å²) in [5, 5.41) is 8.98. The molecule has 5 heteroatoms. The van der Waals surface area contributed by atoms with Crippen molar-refractivity contribution in [3.63, 3.8) is 0 Å². The quantitative estimate of drug-likeness (QED) is 0.612. The minimum Gasteiger partial charge on any atom is -0.478 e. The number of benzene rings is 2. The van der Waals surface area contributed by atoms with Gasteiger partial charge in [-0.05, 0) is 48.4 Å². The van der Waals surface area contributed by atoms with Crippen LogP contribution in [0.2, 0.25) is 0 Å². The summed E-state index contributed by atoms with van der Waals surface area (Å²) in [7, 11) is 0. The van der Waals surface area contributed by atoms with Crippen molar-refractivity contribution >= 4 is 34.1 Å². The van der Waals surface area contributed by atoms with Crippen LogP contribution < -0.4 is 0 Å². The Bertz CT molecular complexity index is 926. The molecule has 1 heterocycles. The highest BCUT2D eigenvalue weighted by molar-refractivity contribution is 9.10. The molecular formula is C21H19BrN2O2. The Morgan fingerprint density at radius 3 is 2.42 bits per heavy atom. The van der Waals surface area contributed by atoms with Crippen molar-refractivity contribution in [3.8, 4) is 0 Å². The summed E-state index contributed by atoms with van der Waals surface area (Å²) in [6.07, 6.45) is 6.79. The number of aromatic nitrogens is 2. The first-order valence-corrected chi connectivity index (χ1v) is 9.16. The van der Waals surface area contributed by atoms with E-state index in [0.29, 0.717) is 12.0 Å². The van der Waals surface area contributed by atoms with E-state index in [1.807, 2.05) is 54.7 Å². The zero-order valence-corrected chi connectivity index (χ0v) is 16.0. The van der Waals surface area contributed by atoms with Gasteiger partial charge >= 0.3 is 5.97 Å². The Morgan fingerprint density at radius 1 is 1.12 bits per heavy atom. The van der Waals surface area contributed by atoms with Gasteiger partial charge in [0.2, 0.25) is 0 Å². The Morgan fingerprint density at radius 2 is 1.81 bits per heavy atom. The summed E-state index contributed by atoms with van der Waals surface area (Å²) >= 11 is 3.44. The number of imidazole rings is 1. The summed E-state index contributed by atoms with van der Waals surface area (Å²) in [5.41, 5.74) is 3.42. The molecule has 0 aliphatic heterocycles. The van der Waals surface area contributed by atoms with Crippen molar-refractivity contribution in [2.24, 2.45) is 0 Å². The average molecular weight is 411 g/mol. The molecule has 0 atom stereocenters. The van der Waals surface area contributed by atoms with Crippen molar-refractivity contribution in [2.45, 2.75) is 19.9 Å². The Labute approximate surface area is 161 Å². The Hall–Kier alpha value is -2.66. The molecule has 1 N–H and O–H groups in total. The van der Waals surface area contributed by atoms with Crippen LogP contribution in [0.4, 0.5) is 0 Å². The molecule has 1 aromatic heterocycles. The monoisotopic (exact) mass is 410 g/mol. The van der Waals surface area contributed by atoms with Gasteiger partial charge in [-0.1, -0.05) is 46.3 Å². The first-order chi connectivity index (χ1) is 12.5. The van der Waals surface area contributed by atoms with E-state index in [1.165, 1.54) is 0 Å². The second-order valence-corrected chi connectivity index (χ2v) is 6.86. The molecule has 0 amide bonds. The van der Waals surface area contributed by atoms with Crippen LogP contribution >= 0.6 is 15.9 Å².